The van der Waals surface area contributed by atoms with Gasteiger partial charge in [0.15, 0.2) is 0 Å². The van der Waals surface area contributed by atoms with Crippen LogP contribution in [0.5, 0.6) is 0 Å². The van der Waals surface area contributed by atoms with Gasteiger partial charge in [-0.1, -0.05) is 18.0 Å². The van der Waals surface area contributed by atoms with E-state index in [1.807, 2.05) is 24.4 Å². The second kappa shape index (κ2) is 6.48. The zero-order valence-corrected chi connectivity index (χ0v) is 15.3. The van der Waals surface area contributed by atoms with Gasteiger partial charge in [0, 0.05) is 29.0 Å². The summed E-state index contributed by atoms with van der Waals surface area (Å²) < 4.78 is 8.12. The number of pyridine rings is 1. The van der Waals surface area contributed by atoms with Gasteiger partial charge in [-0.25, -0.2) is 4.98 Å². The lowest BCUT2D eigenvalue weighted by Gasteiger charge is -2.33. The number of fused-ring (bicyclic) bond motifs is 3. The van der Waals surface area contributed by atoms with E-state index in [1.54, 1.807) is 0 Å². The van der Waals surface area contributed by atoms with Crippen LogP contribution in [0.2, 0.25) is 5.02 Å². The molecule has 2 aliphatic rings. The Morgan fingerprint density at radius 3 is 2.88 bits per heavy atom. The van der Waals surface area contributed by atoms with Crippen molar-refractivity contribution in [2.24, 2.45) is 0 Å². The molecule has 3 heterocycles. The summed E-state index contributed by atoms with van der Waals surface area (Å²) in [5.41, 5.74) is 3.01. The molecule has 3 aromatic rings. The number of hydrogen-bond donors (Lipinski definition) is 1. The molecule has 0 spiro atoms. The first-order valence-corrected chi connectivity index (χ1v) is 9.81. The lowest BCUT2D eigenvalue weighted by atomic mass is 9.84. The molecule has 0 amide bonds. The van der Waals surface area contributed by atoms with E-state index in [0.717, 1.165) is 34.8 Å². The van der Waals surface area contributed by atoms with Gasteiger partial charge in [0.05, 0.1) is 29.9 Å². The Bertz CT molecular complexity index is 966. The molecule has 1 saturated heterocycles. The fraction of sp³-hybridized carbons (Fsp3) is 0.500. The highest BCUT2D eigenvalue weighted by Crippen LogP contribution is 2.42. The molecule has 1 aromatic carbocycles. The van der Waals surface area contributed by atoms with Gasteiger partial charge in [-0.3, -0.25) is 4.98 Å². The van der Waals surface area contributed by atoms with Crippen LogP contribution in [-0.4, -0.2) is 39.0 Å². The quantitative estimate of drug-likeness (QED) is 0.748. The van der Waals surface area contributed by atoms with Crippen LogP contribution in [0.4, 0.5) is 0 Å². The van der Waals surface area contributed by atoms with Crippen molar-refractivity contribution in [3.8, 4) is 0 Å². The van der Waals surface area contributed by atoms with Gasteiger partial charge in [0.25, 0.3) is 0 Å². The molecule has 0 unspecified atom stereocenters. The van der Waals surface area contributed by atoms with Crippen molar-refractivity contribution in [2.45, 2.75) is 50.2 Å². The lowest BCUT2D eigenvalue weighted by molar-refractivity contribution is -0.0347. The van der Waals surface area contributed by atoms with Crippen molar-refractivity contribution in [3.63, 3.8) is 0 Å². The van der Waals surface area contributed by atoms with Crippen molar-refractivity contribution >= 4 is 33.5 Å². The summed E-state index contributed by atoms with van der Waals surface area (Å²) in [7, 11) is 0. The molecule has 136 valence electrons. The Morgan fingerprint density at radius 1 is 1.23 bits per heavy atom. The number of aromatic nitrogens is 3. The average molecular weight is 372 g/mol. The maximum atomic E-state index is 9.59. The van der Waals surface area contributed by atoms with Gasteiger partial charge in [-0.15, -0.1) is 0 Å². The number of halogens is 1. The average Bonchev–Trinajstić information content (AvgIpc) is 2.99. The molecule has 2 fully saturated rings. The van der Waals surface area contributed by atoms with E-state index in [9.17, 15) is 5.11 Å². The summed E-state index contributed by atoms with van der Waals surface area (Å²) in [6.07, 6.45) is 7.19. The molecule has 1 aliphatic heterocycles. The van der Waals surface area contributed by atoms with Gasteiger partial charge >= 0.3 is 0 Å². The lowest BCUT2D eigenvalue weighted by Crippen LogP contribution is -2.31. The highest BCUT2D eigenvalue weighted by atomic mass is 35.5. The van der Waals surface area contributed by atoms with Crippen LogP contribution in [0, 0.1) is 0 Å². The van der Waals surface area contributed by atoms with Crippen LogP contribution in [0.25, 0.3) is 21.9 Å². The fourth-order valence-corrected chi connectivity index (χ4v) is 4.49. The second-order valence-corrected chi connectivity index (χ2v) is 7.91. The van der Waals surface area contributed by atoms with Gasteiger partial charge in [0.1, 0.15) is 11.3 Å². The first kappa shape index (κ1) is 16.5. The van der Waals surface area contributed by atoms with E-state index in [1.165, 1.54) is 25.1 Å². The third kappa shape index (κ3) is 2.61. The van der Waals surface area contributed by atoms with Gasteiger partial charge in [-0.2, -0.15) is 0 Å². The summed E-state index contributed by atoms with van der Waals surface area (Å²) in [5, 5.41) is 11.4. The second-order valence-electron chi connectivity index (χ2n) is 7.47. The predicted molar refractivity (Wildman–Crippen MR) is 102 cm³/mol. The molecule has 5 rings (SSSR count). The molecule has 6 heteroatoms. The normalized spacial score (nSPS) is 24.2. The molecule has 26 heavy (non-hydrogen) atoms. The van der Waals surface area contributed by atoms with E-state index in [-0.39, 0.29) is 18.8 Å². The van der Waals surface area contributed by atoms with Crippen molar-refractivity contribution in [2.75, 3.05) is 13.2 Å². The Labute approximate surface area is 157 Å². The van der Waals surface area contributed by atoms with Crippen molar-refractivity contribution < 1.29 is 9.84 Å². The van der Waals surface area contributed by atoms with Crippen LogP contribution in [0.15, 0.2) is 24.4 Å². The van der Waals surface area contributed by atoms with Crippen molar-refractivity contribution in [3.05, 3.63) is 35.2 Å². The minimum atomic E-state index is -0.0999. The number of rotatable bonds is 3. The third-order valence-corrected chi connectivity index (χ3v) is 6.12. The van der Waals surface area contributed by atoms with E-state index < -0.39 is 0 Å². The summed E-state index contributed by atoms with van der Waals surface area (Å²) in [5.74, 6) is 1.69. The highest BCUT2D eigenvalue weighted by molar-refractivity contribution is 6.31. The maximum Gasteiger partial charge on any atom is 0.113 e. The molecule has 2 atom stereocenters. The Balaban J connectivity index is 1.75. The Hall–Kier alpha value is -1.69. The summed E-state index contributed by atoms with van der Waals surface area (Å²) in [4.78, 5) is 9.58. The fourth-order valence-electron chi connectivity index (χ4n) is 4.31. The zero-order valence-electron chi connectivity index (χ0n) is 14.6. The number of ether oxygens (including phenoxy) is 1. The van der Waals surface area contributed by atoms with Crippen LogP contribution in [-0.2, 0) is 4.74 Å². The monoisotopic (exact) mass is 371 g/mol. The van der Waals surface area contributed by atoms with Crippen molar-refractivity contribution in [1.82, 2.24) is 14.5 Å². The molecular formula is C20H22ClN3O2. The molecule has 1 N–H and O–H groups in total. The molecule has 5 nitrogen and oxygen atoms in total. The SMILES string of the molecule is OC[C@H]1C[C@@H](n2c(C3CCC3)nc3cnc4ccc(Cl)cc4c32)CCO1. The van der Waals surface area contributed by atoms with Crippen LogP contribution >= 0.6 is 11.6 Å². The van der Waals surface area contributed by atoms with Gasteiger partial charge in [0.2, 0.25) is 0 Å². The molecule has 1 saturated carbocycles. The zero-order chi connectivity index (χ0) is 17.7. The molecule has 0 bridgehead atoms. The first-order valence-electron chi connectivity index (χ1n) is 9.43. The van der Waals surface area contributed by atoms with Gasteiger partial charge < -0.3 is 14.4 Å². The van der Waals surface area contributed by atoms with E-state index in [2.05, 4.69) is 9.55 Å². The summed E-state index contributed by atoms with van der Waals surface area (Å²) in [6, 6.07) is 6.13. The van der Waals surface area contributed by atoms with E-state index in [4.69, 9.17) is 21.3 Å². The number of aliphatic hydroxyl groups is 1. The predicted octanol–water partition coefficient (Wildman–Crippen LogP) is 4.22. The minimum Gasteiger partial charge on any atom is -0.394 e. The molecule has 1 aliphatic carbocycles. The van der Waals surface area contributed by atoms with Gasteiger partial charge in [-0.05, 0) is 43.9 Å². The standard InChI is InChI=1S/C20H22ClN3O2/c21-13-4-5-17-16(8-13)19-18(10-22-17)23-20(12-2-1-3-12)24(19)14-6-7-26-15(9-14)11-25/h4-5,8,10,12,14-15,25H,1-3,6-7,9,11H2/t14-,15+/m0/s1. The summed E-state index contributed by atoms with van der Waals surface area (Å²) >= 11 is 6.30. The topological polar surface area (TPSA) is 60.2 Å². The minimum absolute atomic E-state index is 0.0655. The maximum absolute atomic E-state index is 9.59. The van der Waals surface area contributed by atoms with E-state index in [0.29, 0.717) is 17.5 Å². The molecular weight excluding hydrogens is 350 g/mol. The number of aliphatic hydroxyl groups excluding tert-OH is 1. The number of hydrogen-bond acceptors (Lipinski definition) is 4. The summed E-state index contributed by atoms with van der Waals surface area (Å²) in [6.45, 7) is 0.736. The number of imidazole rings is 1. The molecule has 0 radical (unpaired) electrons. The van der Waals surface area contributed by atoms with Crippen molar-refractivity contribution in [1.29, 1.82) is 0 Å². The van der Waals surface area contributed by atoms with E-state index >= 15 is 0 Å². The van der Waals surface area contributed by atoms with Crippen LogP contribution in [0.1, 0.15) is 49.9 Å². The first-order chi connectivity index (χ1) is 12.7. The van der Waals surface area contributed by atoms with Crippen LogP contribution in [0.3, 0.4) is 0 Å². The third-order valence-electron chi connectivity index (χ3n) is 5.88. The smallest absolute Gasteiger partial charge is 0.113 e. The van der Waals surface area contributed by atoms with Crippen LogP contribution < -0.4 is 0 Å². The molecule has 2 aromatic heterocycles. The number of nitrogens with zero attached hydrogens (tertiary/aromatic N) is 3. The Kier molecular flexibility index (Phi) is 4.11. The number of benzene rings is 1. The Morgan fingerprint density at radius 2 is 2.12 bits per heavy atom. The largest absolute Gasteiger partial charge is 0.394 e. The highest BCUT2D eigenvalue weighted by Gasteiger charge is 2.32.